The summed E-state index contributed by atoms with van der Waals surface area (Å²) in [6.45, 7) is 2.87. The van der Waals surface area contributed by atoms with E-state index in [1.54, 1.807) is 12.1 Å². The Morgan fingerprint density at radius 2 is 1.72 bits per heavy atom. The fourth-order valence-corrected chi connectivity index (χ4v) is 5.34. The van der Waals surface area contributed by atoms with Crippen molar-refractivity contribution >= 4 is 21.8 Å². The van der Waals surface area contributed by atoms with Gasteiger partial charge in [-0.2, -0.15) is 0 Å². The first kappa shape index (κ1) is 19.6. The van der Waals surface area contributed by atoms with Crippen LogP contribution in [0.5, 0.6) is 0 Å². The van der Waals surface area contributed by atoms with Crippen molar-refractivity contribution in [1.82, 2.24) is 14.5 Å². The Balaban J connectivity index is 1.37. The van der Waals surface area contributed by atoms with Crippen molar-refractivity contribution in [1.29, 1.82) is 0 Å². The highest BCUT2D eigenvalue weighted by atomic mass is 32.2. The van der Waals surface area contributed by atoms with Gasteiger partial charge in [-0.15, -0.1) is 0 Å². The van der Waals surface area contributed by atoms with Gasteiger partial charge in [-0.05, 0) is 49.2 Å². The summed E-state index contributed by atoms with van der Waals surface area (Å²) >= 11 is 0. The highest BCUT2D eigenvalue weighted by Crippen LogP contribution is 2.29. The maximum absolute atomic E-state index is 12.5. The van der Waals surface area contributed by atoms with E-state index in [2.05, 4.69) is 16.3 Å². The minimum atomic E-state index is -3.98. The third kappa shape index (κ3) is 4.04. The molecule has 0 radical (unpaired) electrons. The Labute approximate surface area is 170 Å². The molecule has 0 unspecified atom stereocenters. The molecule has 1 saturated heterocycles. The number of rotatable bonds is 6. The average molecular weight is 413 g/mol. The molecule has 2 aliphatic heterocycles. The minimum Gasteiger partial charge on any atom is -0.350 e. The smallest absolute Gasteiger partial charge is 0.269 e. The molecule has 8 heteroatoms. The zero-order valence-electron chi connectivity index (χ0n) is 16.0. The zero-order valence-corrected chi connectivity index (χ0v) is 16.8. The van der Waals surface area contributed by atoms with Crippen molar-refractivity contribution in [3.63, 3.8) is 0 Å². The molecule has 152 valence electrons. The zero-order chi connectivity index (χ0) is 20.4. The van der Waals surface area contributed by atoms with Gasteiger partial charge < -0.3 is 5.32 Å². The first-order valence-electron chi connectivity index (χ1n) is 9.68. The van der Waals surface area contributed by atoms with Crippen LogP contribution in [0.15, 0.2) is 53.4 Å². The molecule has 0 bridgehead atoms. The number of likely N-dealkylation sites (tertiary alicyclic amines) is 1. The molecule has 2 aromatic rings. The van der Waals surface area contributed by atoms with Crippen LogP contribution >= 0.6 is 0 Å². The second kappa shape index (κ2) is 7.96. The summed E-state index contributed by atoms with van der Waals surface area (Å²) in [7, 11) is -3.98. The number of amides is 2. The molecule has 1 N–H and O–H groups in total. The van der Waals surface area contributed by atoms with Gasteiger partial charge in [0.25, 0.3) is 15.9 Å². The first-order chi connectivity index (χ1) is 13.9. The number of nitrogens with zero attached hydrogens (tertiary/aromatic N) is 2. The van der Waals surface area contributed by atoms with E-state index >= 15 is 0 Å². The Morgan fingerprint density at radius 1 is 1.00 bits per heavy atom. The number of fused-ring (bicyclic) bond motifs is 1. The number of sulfonamides is 1. The number of nitrogens with one attached hydrogen (secondary N) is 1. The van der Waals surface area contributed by atoms with Crippen LogP contribution in [0.2, 0.25) is 0 Å². The van der Waals surface area contributed by atoms with E-state index in [-0.39, 0.29) is 17.0 Å². The summed E-state index contributed by atoms with van der Waals surface area (Å²) in [6.07, 6.45) is 2.47. The van der Waals surface area contributed by atoms with Crippen LogP contribution in [0.4, 0.5) is 0 Å². The molecule has 4 rings (SSSR count). The summed E-state index contributed by atoms with van der Waals surface area (Å²) in [5.41, 5.74) is 2.23. The monoisotopic (exact) mass is 413 g/mol. The normalized spacial score (nSPS) is 18.1. The van der Waals surface area contributed by atoms with Crippen LogP contribution < -0.4 is 5.32 Å². The predicted molar refractivity (Wildman–Crippen MR) is 107 cm³/mol. The fourth-order valence-electron chi connectivity index (χ4n) is 3.81. The topological polar surface area (TPSA) is 86.8 Å². The second-order valence-electron chi connectivity index (χ2n) is 7.39. The lowest BCUT2D eigenvalue weighted by Crippen LogP contribution is -2.40. The molecule has 29 heavy (non-hydrogen) atoms. The van der Waals surface area contributed by atoms with Crippen LogP contribution in [0.3, 0.4) is 0 Å². The van der Waals surface area contributed by atoms with Crippen molar-refractivity contribution in [3.8, 4) is 0 Å². The molecule has 0 atom stereocenters. The SMILES string of the molecule is O=C(CN1C(=O)c2ccccc2S1(=O)=O)NCc1cccc(CN2CCCC2)c1. The quantitative estimate of drug-likeness (QED) is 0.780. The second-order valence-corrected chi connectivity index (χ2v) is 9.22. The van der Waals surface area contributed by atoms with Gasteiger partial charge in [0.15, 0.2) is 0 Å². The summed E-state index contributed by atoms with van der Waals surface area (Å²) < 4.78 is 25.7. The number of benzene rings is 2. The van der Waals surface area contributed by atoms with Crippen LogP contribution in [-0.2, 0) is 27.9 Å². The third-order valence-corrected chi connectivity index (χ3v) is 7.07. The van der Waals surface area contributed by atoms with Crippen LogP contribution in [-0.4, -0.2) is 49.1 Å². The summed E-state index contributed by atoms with van der Waals surface area (Å²) in [6, 6.07) is 14.0. The van der Waals surface area contributed by atoms with Crippen LogP contribution in [0, 0.1) is 0 Å². The third-order valence-electron chi connectivity index (χ3n) is 5.29. The van der Waals surface area contributed by atoms with Gasteiger partial charge in [0.1, 0.15) is 11.4 Å². The summed E-state index contributed by atoms with van der Waals surface area (Å²) in [5.74, 6) is -1.18. The molecule has 2 amide bonds. The maximum atomic E-state index is 12.5. The largest absolute Gasteiger partial charge is 0.350 e. The number of carbonyl (C=O) groups excluding carboxylic acids is 2. The highest BCUT2D eigenvalue weighted by molar-refractivity contribution is 7.90. The van der Waals surface area contributed by atoms with Crippen molar-refractivity contribution in [3.05, 3.63) is 65.2 Å². The molecule has 0 aromatic heterocycles. The van der Waals surface area contributed by atoms with Gasteiger partial charge in [-0.1, -0.05) is 36.4 Å². The lowest BCUT2D eigenvalue weighted by atomic mass is 10.1. The Bertz CT molecular complexity index is 1050. The molecule has 1 fully saturated rings. The van der Waals surface area contributed by atoms with Crippen molar-refractivity contribution < 1.29 is 18.0 Å². The standard InChI is InChI=1S/C21H23N3O4S/c25-20(15-24-21(26)18-8-1-2-9-19(18)29(24,27)28)22-13-16-6-5-7-17(12-16)14-23-10-3-4-11-23/h1-2,5-9,12H,3-4,10-11,13-15H2,(H,22,25). The molecule has 2 heterocycles. The molecular formula is C21H23N3O4S. The lowest BCUT2D eigenvalue weighted by Gasteiger charge is -2.16. The van der Waals surface area contributed by atoms with Gasteiger partial charge in [-0.25, -0.2) is 12.7 Å². The van der Waals surface area contributed by atoms with E-state index in [1.807, 2.05) is 18.2 Å². The van der Waals surface area contributed by atoms with Crippen LogP contribution in [0.25, 0.3) is 0 Å². The lowest BCUT2D eigenvalue weighted by molar-refractivity contribution is -0.121. The Hall–Kier alpha value is -2.71. The minimum absolute atomic E-state index is 0.0487. The van der Waals surface area contributed by atoms with E-state index in [9.17, 15) is 18.0 Å². The number of hydrogen-bond acceptors (Lipinski definition) is 5. The van der Waals surface area contributed by atoms with E-state index in [4.69, 9.17) is 0 Å². The van der Waals surface area contributed by atoms with Gasteiger partial charge in [0.05, 0.1) is 5.56 Å². The molecule has 0 aliphatic carbocycles. The van der Waals surface area contributed by atoms with Crippen molar-refractivity contribution in [2.24, 2.45) is 0 Å². The van der Waals surface area contributed by atoms with E-state index in [0.717, 1.165) is 25.2 Å². The summed E-state index contributed by atoms with van der Waals surface area (Å²) in [5, 5.41) is 2.72. The molecular weight excluding hydrogens is 390 g/mol. The number of hydrogen-bond donors (Lipinski definition) is 1. The van der Waals surface area contributed by atoms with Gasteiger partial charge in [0.2, 0.25) is 5.91 Å². The van der Waals surface area contributed by atoms with Crippen molar-refractivity contribution in [2.75, 3.05) is 19.6 Å². The van der Waals surface area contributed by atoms with Crippen LogP contribution in [0.1, 0.15) is 34.3 Å². The van der Waals surface area contributed by atoms with Crippen molar-refractivity contribution in [2.45, 2.75) is 30.8 Å². The molecule has 7 nitrogen and oxygen atoms in total. The van der Waals surface area contributed by atoms with Gasteiger partial charge in [-0.3, -0.25) is 14.5 Å². The van der Waals surface area contributed by atoms with E-state index < -0.39 is 28.4 Å². The molecule has 2 aliphatic rings. The van der Waals surface area contributed by atoms with Gasteiger partial charge in [0, 0.05) is 13.1 Å². The number of carbonyl (C=O) groups is 2. The molecule has 0 spiro atoms. The van der Waals surface area contributed by atoms with E-state index in [0.29, 0.717) is 4.31 Å². The van der Waals surface area contributed by atoms with Gasteiger partial charge >= 0.3 is 0 Å². The first-order valence-corrected chi connectivity index (χ1v) is 11.1. The summed E-state index contributed by atoms with van der Waals surface area (Å²) in [4.78, 5) is 27.1. The Kier molecular flexibility index (Phi) is 5.38. The Morgan fingerprint density at radius 3 is 2.48 bits per heavy atom. The highest BCUT2D eigenvalue weighted by Gasteiger charge is 2.41. The van der Waals surface area contributed by atoms with E-state index in [1.165, 1.54) is 30.5 Å². The molecule has 2 aromatic carbocycles. The maximum Gasteiger partial charge on any atom is 0.269 e. The average Bonchev–Trinajstić information content (AvgIpc) is 3.28. The predicted octanol–water partition coefficient (Wildman–Crippen LogP) is 1.74. The molecule has 0 saturated carbocycles. The fraction of sp³-hybridized carbons (Fsp3) is 0.333.